The molecular formula is C32H56N6O4. The number of nitriles is 1. The molecule has 1 atom stereocenters. The molecular weight excluding hydrogens is 532 g/mol. The van der Waals surface area contributed by atoms with Crippen LogP contribution in [-0.2, 0) is 14.3 Å². The van der Waals surface area contributed by atoms with E-state index in [0.717, 1.165) is 38.9 Å². The molecule has 1 saturated carbocycles. The van der Waals surface area contributed by atoms with E-state index < -0.39 is 17.7 Å². The monoisotopic (exact) mass is 588 g/mol. The number of hydrogen-bond donors (Lipinski definition) is 2. The number of carbonyl (C=O) groups excluding carboxylic acids is 2. The quantitative estimate of drug-likeness (QED) is 0.247. The maximum atomic E-state index is 14.0. The molecule has 2 saturated heterocycles. The average Bonchev–Trinajstić information content (AvgIpc) is 2.99. The number of nitrogens with zero attached hydrogens (tertiary/aromatic N) is 4. The van der Waals surface area contributed by atoms with Crippen LogP contribution in [0.15, 0.2) is 4.99 Å². The second-order valence-corrected chi connectivity index (χ2v) is 12.6. The molecule has 0 aromatic carbocycles. The normalized spacial score (nSPS) is 22.2. The van der Waals surface area contributed by atoms with Crippen molar-refractivity contribution < 1.29 is 19.1 Å². The number of hydrogen-bond acceptors (Lipinski definition) is 7. The lowest BCUT2D eigenvalue weighted by atomic mass is 9.65. The number of nitrogens with one attached hydrogen (secondary N) is 2. The SMILES string of the molecule is CCCN1CCC(C#N)(NC(=O)C(CC2CCC(CCC)(CCC)CC2)N=C(NC(=O)OCC)N2CCOCC2)CC1. The largest absolute Gasteiger partial charge is 0.450 e. The number of ether oxygens (including phenoxy) is 2. The van der Waals surface area contributed by atoms with Crippen LogP contribution in [0.5, 0.6) is 0 Å². The van der Waals surface area contributed by atoms with Crippen molar-refractivity contribution in [1.29, 1.82) is 5.26 Å². The molecule has 2 aliphatic heterocycles. The highest BCUT2D eigenvalue weighted by Crippen LogP contribution is 2.46. The predicted molar refractivity (Wildman–Crippen MR) is 165 cm³/mol. The molecule has 0 radical (unpaired) electrons. The van der Waals surface area contributed by atoms with Gasteiger partial charge in [-0.15, -0.1) is 0 Å². The fourth-order valence-corrected chi connectivity index (χ4v) is 7.18. The van der Waals surface area contributed by atoms with Crippen molar-refractivity contribution in [3.8, 4) is 6.07 Å². The minimum absolute atomic E-state index is 0.226. The molecule has 3 rings (SSSR count). The first-order valence-corrected chi connectivity index (χ1v) is 16.6. The summed E-state index contributed by atoms with van der Waals surface area (Å²) in [6.07, 6.45) is 11.7. The number of piperidine rings is 1. The van der Waals surface area contributed by atoms with Crippen LogP contribution in [0.3, 0.4) is 0 Å². The molecule has 0 aromatic rings. The van der Waals surface area contributed by atoms with Gasteiger partial charge >= 0.3 is 6.09 Å². The van der Waals surface area contributed by atoms with Gasteiger partial charge < -0.3 is 24.6 Å². The molecule has 3 aliphatic rings. The van der Waals surface area contributed by atoms with E-state index in [1.165, 1.54) is 38.5 Å². The van der Waals surface area contributed by atoms with Crippen LogP contribution in [0.1, 0.15) is 105 Å². The molecule has 1 aliphatic carbocycles. The van der Waals surface area contributed by atoms with E-state index in [2.05, 4.69) is 42.4 Å². The van der Waals surface area contributed by atoms with Crippen LogP contribution in [0.2, 0.25) is 0 Å². The minimum Gasteiger partial charge on any atom is -0.450 e. The Labute approximate surface area is 253 Å². The van der Waals surface area contributed by atoms with Gasteiger partial charge in [-0.3, -0.25) is 10.1 Å². The van der Waals surface area contributed by atoms with Gasteiger partial charge in [0.05, 0.1) is 25.9 Å². The molecule has 0 spiro atoms. The summed E-state index contributed by atoms with van der Waals surface area (Å²) in [6, 6.07) is 1.74. The topological polar surface area (TPSA) is 119 Å². The maximum absolute atomic E-state index is 14.0. The second kappa shape index (κ2) is 17.0. The number of carbonyl (C=O) groups is 2. The highest BCUT2D eigenvalue weighted by molar-refractivity contribution is 5.96. The molecule has 1 unspecified atom stereocenters. The van der Waals surface area contributed by atoms with Gasteiger partial charge in [0, 0.05) is 26.2 Å². The van der Waals surface area contributed by atoms with E-state index >= 15 is 0 Å². The summed E-state index contributed by atoms with van der Waals surface area (Å²) >= 11 is 0. The van der Waals surface area contributed by atoms with Crippen molar-refractivity contribution in [1.82, 2.24) is 20.4 Å². The summed E-state index contributed by atoms with van der Waals surface area (Å²) in [5, 5.41) is 16.2. The number of amides is 2. The summed E-state index contributed by atoms with van der Waals surface area (Å²) in [6.45, 7) is 13.5. The molecule has 42 heavy (non-hydrogen) atoms. The lowest BCUT2D eigenvalue weighted by Gasteiger charge is -2.41. The van der Waals surface area contributed by atoms with Crippen molar-refractivity contribution in [2.75, 3.05) is 52.5 Å². The summed E-state index contributed by atoms with van der Waals surface area (Å²) < 4.78 is 10.7. The maximum Gasteiger partial charge on any atom is 0.413 e. The third kappa shape index (κ3) is 9.84. The number of morpholine rings is 1. The minimum atomic E-state index is -0.896. The molecule has 0 bridgehead atoms. The first kappa shape index (κ1) is 34.1. The highest BCUT2D eigenvalue weighted by Gasteiger charge is 2.40. The van der Waals surface area contributed by atoms with Crippen molar-refractivity contribution >= 4 is 18.0 Å². The van der Waals surface area contributed by atoms with E-state index in [4.69, 9.17) is 14.5 Å². The van der Waals surface area contributed by atoms with E-state index in [1.807, 2.05) is 4.90 Å². The lowest BCUT2D eigenvalue weighted by Crippen LogP contribution is -2.57. The van der Waals surface area contributed by atoms with Gasteiger partial charge in [-0.05, 0) is 89.0 Å². The van der Waals surface area contributed by atoms with Gasteiger partial charge in [0.2, 0.25) is 11.9 Å². The number of likely N-dealkylation sites (tertiary alicyclic amines) is 1. The summed E-state index contributed by atoms with van der Waals surface area (Å²) in [5.41, 5.74) is -0.477. The molecule has 2 N–H and O–H groups in total. The van der Waals surface area contributed by atoms with Crippen LogP contribution in [-0.4, -0.2) is 91.9 Å². The van der Waals surface area contributed by atoms with Crippen LogP contribution in [0.25, 0.3) is 0 Å². The Balaban J connectivity index is 1.84. The van der Waals surface area contributed by atoms with Crippen LogP contribution in [0.4, 0.5) is 4.79 Å². The third-order valence-electron chi connectivity index (χ3n) is 9.49. The Hall–Kier alpha value is -2.38. The van der Waals surface area contributed by atoms with Crippen molar-refractivity contribution in [3.05, 3.63) is 0 Å². The number of alkyl carbamates (subject to hydrolysis) is 1. The fourth-order valence-electron chi connectivity index (χ4n) is 7.18. The van der Waals surface area contributed by atoms with Crippen molar-refractivity contribution in [3.63, 3.8) is 0 Å². The fraction of sp³-hybridized carbons (Fsp3) is 0.875. The van der Waals surface area contributed by atoms with Crippen molar-refractivity contribution in [2.24, 2.45) is 16.3 Å². The summed E-state index contributed by atoms with van der Waals surface area (Å²) in [4.78, 5) is 35.8. The van der Waals surface area contributed by atoms with Gasteiger partial charge in [-0.1, -0.05) is 33.6 Å². The van der Waals surface area contributed by atoms with Gasteiger partial charge in [0.1, 0.15) is 11.6 Å². The molecule has 238 valence electrons. The Morgan fingerprint density at radius 2 is 1.64 bits per heavy atom. The van der Waals surface area contributed by atoms with Crippen molar-refractivity contribution in [2.45, 2.75) is 116 Å². The average molecular weight is 589 g/mol. The number of aliphatic imine (C=N–C) groups is 1. The van der Waals surface area contributed by atoms with Gasteiger partial charge in [0.25, 0.3) is 0 Å². The molecule has 2 amide bonds. The zero-order chi connectivity index (χ0) is 30.4. The lowest BCUT2D eigenvalue weighted by molar-refractivity contribution is -0.124. The van der Waals surface area contributed by atoms with E-state index in [9.17, 15) is 14.9 Å². The molecule has 3 fully saturated rings. The summed E-state index contributed by atoms with van der Waals surface area (Å²) in [5.74, 6) is 0.489. The Morgan fingerprint density at radius 3 is 2.19 bits per heavy atom. The molecule has 10 heteroatoms. The number of rotatable bonds is 12. The smallest absolute Gasteiger partial charge is 0.413 e. The first-order chi connectivity index (χ1) is 20.3. The van der Waals surface area contributed by atoms with Crippen LogP contribution in [0, 0.1) is 22.7 Å². The third-order valence-corrected chi connectivity index (χ3v) is 9.49. The zero-order valence-corrected chi connectivity index (χ0v) is 26.7. The zero-order valence-electron chi connectivity index (χ0n) is 26.7. The standard InChI is InChI=1S/C32H56N6O4/c1-5-11-31(12-6-2)13-9-26(10-14-31)24-27(28(39)36-32(25-33)15-18-37(17-7-3)19-16-32)34-29(35-30(40)42-8-4)38-20-22-41-23-21-38/h26-27H,5-24H2,1-4H3,(H,36,39)(H,34,35,40). The second-order valence-electron chi connectivity index (χ2n) is 12.6. The van der Waals surface area contributed by atoms with Gasteiger partial charge in [0.15, 0.2) is 0 Å². The van der Waals surface area contributed by atoms with Crippen LogP contribution >= 0.6 is 0 Å². The Kier molecular flexibility index (Phi) is 13.8. The molecule has 0 aromatic heterocycles. The first-order valence-electron chi connectivity index (χ1n) is 16.6. The van der Waals surface area contributed by atoms with E-state index in [-0.39, 0.29) is 12.5 Å². The Morgan fingerprint density at radius 1 is 1.00 bits per heavy atom. The molecule has 10 nitrogen and oxygen atoms in total. The Bertz CT molecular complexity index is 904. The van der Waals surface area contributed by atoms with Crippen LogP contribution < -0.4 is 10.6 Å². The number of guanidine groups is 1. The van der Waals surface area contributed by atoms with Gasteiger partial charge in [-0.2, -0.15) is 5.26 Å². The highest BCUT2D eigenvalue weighted by atomic mass is 16.5. The molecule has 2 heterocycles. The van der Waals surface area contributed by atoms with Gasteiger partial charge in [-0.25, -0.2) is 9.79 Å². The summed E-state index contributed by atoms with van der Waals surface area (Å²) in [7, 11) is 0. The predicted octanol–water partition coefficient (Wildman–Crippen LogP) is 4.84. The van der Waals surface area contributed by atoms with E-state index in [0.29, 0.717) is 62.9 Å². The van der Waals surface area contributed by atoms with E-state index in [1.54, 1.807) is 6.92 Å².